The van der Waals surface area contributed by atoms with Crippen molar-refractivity contribution in [2.75, 3.05) is 39.8 Å². The van der Waals surface area contributed by atoms with Crippen molar-refractivity contribution in [2.24, 2.45) is 13.0 Å². The number of methoxy groups -OCH3 is 1. The van der Waals surface area contributed by atoms with Crippen LogP contribution in [0.4, 0.5) is 4.39 Å². The molecule has 3 heterocycles. The number of fused-ring (bicyclic) bond motifs is 2. The van der Waals surface area contributed by atoms with Gasteiger partial charge in [0.1, 0.15) is 18.9 Å². The molecular formula is C36H46FN7O4. The number of hydrogen-bond donors (Lipinski definition) is 2. The molecule has 1 aliphatic heterocycles. The Morgan fingerprint density at radius 3 is 2.40 bits per heavy atom. The molecule has 0 radical (unpaired) electrons. The summed E-state index contributed by atoms with van der Waals surface area (Å²) in [4.78, 5) is 39.2. The molecule has 1 saturated carbocycles. The van der Waals surface area contributed by atoms with Crippen LogP contribution < -0.4 is 10.6 Å². The van der Waals surface area contributed by atoms with Gasteiger partial charge in [0, 0.05) is 35.8 Å². The monoisotopic (exact) mass is 659 g/mol. The van der Waals surface area contributed by atoms with Crippen LogP contribution in [0, 0.1) is 11.7 Å². The third kappa shape index (κ3) is 7.69. The summed E-state index contributed by atoms with van der Waals surface area (Å²) >= 11 is 0. The Balaban J connectivity index is 1.26. The predicted octanol–water partition coefficient (Wildman–Crippen LogP) is 4.67. The van der Waals surface area contributed by atoms with E-state index in [-0.39, 0.29) is 31.4 Å². The Kier molecular flexibility index (Phi) is 10.7. The second-order valence-electron chi connectivity index (χ2n) is 13.3. The minimum absolute atomic E-state index is 0.117. The summed E-state index contributed by atoms with van der Waals surface area (Å²) in [6.07, 6.45) is 12.9. The molecule has 1 aliphatic carbocycles. The lowest BCUT2D eigenvalue weighted by molar-refractivity contribution is -0.141. The van der Waals surface area contributed by atoms with Gasteiger partial charge < -0.3 is 20.3 Å². The van der Waals surface area contributed by atoms with Crippen LogP contribution in [-0.2, 0) is 32.7 Å². The first-order chi connectivity index (χ1) is 23.3. The molecule has 256 valence electrons. The number of ether oxygens (including phenoxy) is 1. The first kappa shape index (κ1) is 33.6. The fourth-order valence-corrected chi connectivity index (χ4v) is 7.42. The second kappa shape index (κ2) is 15.3. The molecule has 48 heavy (non-hydrogen) atoms. The summed E-state index contributed by atoms with van der Waals surface area (Å²) < 4.78 is 23.7. The molecule has 12 heteroatoms. The number of esters is 1. The van der Waals surface area contributed by atoms with Crippen molar-refractivity contribution < 1.29 is 23.5 Å². The third-order valence-electron chi connectivity index (χ3n) is 10.0. The Morgan fingerprint density at radius 1 is 0.917 bits per heavy atom. The molecule has 2 fully saturated rings. The van der Waals surface area contributed by atoms with Crippen molar-refractivity contribution in [2.45, 2.75) is 70.3 Å². The minimum atomic E-state index is -0.578. The first-order valence-electron chi connectivity index (χ1n) is 17.2. The molecule has 4 aromatic rings. The van der Waals surface area contributed by atoms with E-state index in [0.29, 0.717) is 5.56 Å². The number of aryl methyl sites for hydroxylation is 1. The van der Waals surface area contributed by atoms with Crippen LogP contribution in [0.2, 0.25) is 0 Å². The molecule has 6 rings (SSSR count). The topological polar surface area (TPSA) is 123 Å². The molecule has 2 aromatic heterocycles. The fourth-order valence-electron chi connectivity index (χ4n) is 7.42. The lowest BCUT2D eigenvalue weighted by Gasteiger charge is -2.34. The standard InChI is InChI=1S/C36H46FN7O4/c1-42-31-18-28(29(37)17-26(31)19-40-42)27-11-8-12-30-35(27)36(41-44(30)23-33(46)38-20-32(45)39-21-34(47)48-2)25-13-15-43(16-14-25)22-24-9-6-4-3-5-7-10-24/h8,11-12,17-19,24-25H,3-7,9-10,13-16,20-23H2,1-2H3,(H,38,46)(H,39,45). The number of rotatable bonds is 10. The Bertz CT molecular complexity index is 1770. The first-order valence-corrected chi connectivity index (χ1v) is 17.2. The number of amides is 2. The maximum Gasteiger partial charge on any atom is 0.325 e. The van der Waals surface area contributed by atoms with E-state index in [2.05, 4.69) is 25.4 Å². The number of nitrogens with zero attached hydrogens (tertiary/aromatic N) is 5. The van der Waals surface area contributed by atoms with Gasteiger partial charge in [0.2, 0.25) is 11.8 Å². The number of benzene rings is 2. The number of carbonyl (C=O) groups excluding carboxylic acids is 3. The van der Waals surface area contributed by atoms with Gasteiger partial charge in [-0.25, -0.2) is 4.39 Å². The molecule has 0 spiro atoms. The summed E-state index contributed by atoms with van der Waals surface area (Å²) in [5, 5.41) is 15.9. The molecule has 2 aliphatic rings. The van der Waals surface area contributed by atoms with Crippen LogP contribution in [0.15, 0.2) is 36.5 Å². The molecule has 0 bridgehead atoms. The molecule has 0 atom stereocenters. The number of halogens is 1. The van der Waals surface area contributed by atoms with Crippen LogP contribution in [0.25, 0.3) is 32.9 Å². The van der Waals surface area contributed by atoms with E-state index in [9.17, 15) is 14.4 Å². The summed E-state index contributed by atoms with van der Waals surface area (Å²) in [6.45, 7) is 2.43. The fraction of sp³-hybridized carbons (Fsp3) is 0.528. The van der Waals surface area contributed by atoms with Crippen molar-refractivity contribution >= 4 is 39.6 Å². The molecule has 2 N–H and O–H groups in total. The summed E-state index contributed by atoms with van der Waals surface area (Å²) in [5.41, 5.74) is 3.62. The van der Waals surface area contributed by atoms with Gasteiger partial charge >= 0.3 is 5.97 Å². The van der Waals surface area contributed by atoms with E-state index in [1.165, 1.54) is 58.1 Å². The van der Waals surface area contributed by atoms with Gasteiger partial charge in [-0.3, -0.25) is 23.7 Å². The highest BCUT2D eigenvalue weighted by atomic mass is 19.1. The lowest BCUT2D eigenvalue weighted by Crippen LogP contribution is -2.40. The van der Waals surface area contributed by atoms with Gasteiger partial charge in [0.05, 0.1) is 36.6 Å². The van der Waals surface area contributed by atoms with Crippen molar-refractivity contribution in [3.05, 3.63) is 48.0 Å². The van der Waals surface area contributed by atoms with Gasteiger partial charge in [-0.1, -0.05) is 44.2 Å². The van der Waals surface area contributed by atoms with Crippen molar-refractivity contribution in [3.8, 4) is 11.1 Å². The minimum Gasteiger partial charge on any atom is -0.468 e. The van der Waals surface area contributed by atoms with Crippen LogP contribution in [0.1, 0.15) is 69.4 Å². The zero-order valence-corrected chi connectivity index (χ0v) is 28.0. The molecule has 1 saturated heterocycles. The van der Waals surface area contributed by atoms with Gasteiger partial charge in [-0.15, -0.1) is 0 Å². The average Bonchev–Trinajstić information content (AvgIpc) is 3.63. The number of hydrogen-bond acceptors (Lipinski definition) is 7. The van der Waals surface area contributed by atoms with E-state index < -0.39 is 17.8 Å². The molecule has 11 nitrogen and oxygen atoms in total. The number of aromatic nitrogens is 4. The molecule has 2 amide bonds. The summed E-state index contributed by atoms with van der Waals surface area (Å²) in [5.74, 6) is -0.911. The number of likely N-dealkylation sites (tertiary alicyclic amines) is 1. The van der Waals surface area contributed by atoms with Gasteiger partial charge in [0.25, 0.3) is 0 Å². The number of carbonyl (C=O) groups is 3. The highest BCUT2D eigenvalue weighted by molar-refractivity contribution is 6.00. The number of nitrogens with one attached hydrogen (secondary N) is 2. The molecular weight excluding hydrogens is 613 g/mol. The van der Waals surface area contributed by atoms with Crippen LogP contribution in [0.5, 0.6) is 0 Å². The highest BCUT2D eigenvalue weighted by Gasteiger charge is 2.29. The predicted molar refractivity (Wildman–Crippen MR) is 182 cm³/mol. The smallest absolute Gasteiger partial charge is 0.325 e. The van der Waals surface area contributed by atoms with E-state index >= 15 is 4.39 Å². The van der Waals surface area contributed by atoms with Crippen LogP contribution in [0.3, 0.4) is 0 Å². The van der Waals surface area contributed by atoms with Crippen molar-refractivity contribution in [1.82, 2.24) is 35.1 Å². The molecule has 2 aromatic carbocycles. The van der Waals surface area contributed by atoms with Crippen LogP contribution >= 0.6 is 0 Å². The summed E-state index contributed by atoms with van der Waals surface area (Å²) in [7, 11) is 3.07. The Morgan fingerprint density at radius 2 is 1.65 bits per heavy atom. The lowest BCUT2D eigenvalue weighted by atomic mass is 9.87. The third-order valence-corrected chi connectivity index (χ3v) is 10.0. The van der Waals surface area contributed by atoms with E-state index in [4.69, 9.17) is 5.10 Å². The largest absolute Gasteiger partial charge is 0.468 e. The van der Waals surface area contributed by atoms with Crippen molar-refractivity contribution in [3.63, 3.8) is 0 Å². The SMILES string of the molecule is COC(=O)CNC(=O)CNC(=O)Cn1nc(C2CCN(CC3CCCCCCC3)CC2)c2c(-c3cc4c(cnn4C)cc3F)cccc21. The Hall–Kier alpha value is -4.32. The van der Waals surface area contributed by atoms with E-state index in [0.717, 1.165) is 71.5 Å². The van der Waals surface area contributed by atoms with Crippen LogP contribution in [-0.4, -0.2) is 82.1 Å². The summed E-state index contributed by atoms with van der Waals surface area (Å²) in [6, 6.07) is 9.06. The number of piperidine rings is 1. The van der Waals surface area contributed by atoms with E-state index in [1.807, 2.05) is 31.3 Å². The van der Waals surface area contributed by atoms with Gasteiger partial charge in [-0.2, -0.15) is 10.2 Å². The second-order valence-corrected chi connectivity index (χ2v) is 13.3. The van der Waals surface area contributed by atoms with Gasteiger partial charge in [0.15, 0.2) is 0 Å². The highest BCUT2D eigenvalue weighted by Crippen LogP contribution is 2.40. The average molecular weight is 660 g/mol. The van der Waals surface area contributed by atoms with Crippen molar-refractivity contribution in [1.29, 1.82) is 0 Å². The zero-order chi connectivity index (χ0) is 33.6. The quantitative estimate of drug-likeness (QED) is 0.237. The normalized spacial score (nSPS) is 16.9. The van der Waals surface area contributed by atoms with Gasteiger partial charge in [-0.05, 0) is 68.5 Å². The molecule has 0 unspecified atom stereocenters. The van der Waals surface area contributed by atoms with E-state index in [1.54, 1.807) is 15.6 Å². The Labute approximate surface area is 280 Å². The zero-order valence-electron chi connectivity index (χ0n) is 28.0. The maximum atomic E-state index is 15.8. The maximum absolute atomic E-state index is 15.8.